The third-order valence-corrected chi connectivity index (χ3v) is 6.21. The maximum absolute atomic E-state index is 12.6. The number of rotatable bonds is 7. The standard InChI is InChI=1S/C24H28N4O3S/c1-3-31-21-10-6-19(7-11-21)25-24(29)28-14-12-27(13-15-28)16-23-26-22(17-32-23)18-4-8-20(30-2)9-5-18/h4-11,17H,3,12-16H2,1-2H3,(H,25,29). The summed E-state index contributed by atoms with van der Waals surface area (Å²) >= 11 is 1.67. The van der Waals surface area contributed by atoms with Crippen LogP contribution in [0.15, 0.2) is 53.9 Å². The number of hydrogen-bond donors (Lipinski definition) is 1. The van der Waals surface area contributed by atoms with E-state index in [1.807, 2.05) is 60.4 Å². The Morgan fingerprint density at radius 2 is 1.72 bits per heavy atom. The van der Waals surface area contributed by atoms with Crippen LogP contribution in [0.1, 0.15) is 11.9 Å². The van der Waals surface area contributed by atoms with Crippen molar-refractivity contribution in [1.82, 2.24) is 14.8 Å². The Labute approximate surface area is 192 Å². The fourth-order valence-electron chi connectivity index (χ4n) is 3.58. The van der Waals surface area contributed by atoms with E-state index in [9.17, 15) is 4.79 Å². The molecule has 1 aromatic heterocycles. The van der Waals surface area contributed by atoms with Gasteiger partial charge in [-0.15, -0.1) is 11.3 Å². The highest BCUT2D eigenvalue weighted by Gasteiger charge is 2.22. The molecule has 1 saturated heterocycles. The molecule has 2 heterocycles. The second kappa shape index (κ2) is 10.5. The van der Waals surface area contributed by atoms with Crippen molar-refractivity contribution in [2.75, 3.05) is 45.2 Å². The summed E-state index contributed by atoms with van der Waals surface area (Å²) < 4.78 is 10.7. The molecule has 1 aliphatic rings. The molecule has 168 valence electrons. The van der Waals surface area contributed by atoms with Crippen LogP contribution < -0.4 is 14.8 Å². The smallest absolute Gasteiger partial charge is 0.321 e. The Bertz CT molecular complexity index is 1010. The van der Waals surface area contributed by atoms with Crippen LogP contribution in [0.3, 0.4) is 0 Å². The summed E-state index contributed by atoms with van der Waals surface area (Å²) in [7, 11) is 1.67. The monoisotopic (exact) mass is 452 g/mol. The zero-order valence-corrected chi connectivity index (χ0v) is 19.2. The largest absolute Gasteiger partial charge is 0.497 e. The molecule has 0 spiro atoms. The fraction of sp³-hybridized carbons (Fsp3) is 0.333. The molecule has 0 radical (unpaired) electrons. The van der Waals surface area contributed by atoms with E-state index in [0.29, 0.717) is 19.7 Å². The minimum absolute atomic E-state index is 0.0650. The van der Waals surface area contributed by atoms with Crippen LogP contribution >= 0.6 is 11.3 Å². The number of nitrogens with one attached hydrogen (secondary N) is 1. The first-order valence-corrected chi connectivity index (χ1v) is 11.6. The van der Waals surface area contributed by atoms with Gasteiger partial charge in [0.1, 0.15) is 16.5 Å². The highest BCUT2D eigenvalue weighted by molar-refractivity contribution is 7.09. The van der Waals surface area contributed by atoms with E-state index in [1.165, 1.54) is 0 Å². The second-order valence-electron chi connectivity index (χ2n) is 7.51. The van der Waals surface area contributed by atoms with Gasteiger partial charge in [-0.05, 0) is 55.5 Å². The number of hydrogen-bond acceptors (Lipinski definition) is 6. The van der Waals surface area contributed by atoms with Gasteiger partial charge in [0.2, 0.25) is 0 Å². The average Bonchev–Trinajstić information content (AvgIpc) is 3.29. The summed E-state index contributed by atoms with van der Waals surface area (Å²) in [6, 6.07) is 15.3. The Balaban J connectivity index is 1.25. The molecule has 2 amide bonds. The van der Waals surface area contributed by atoms with Crippen LogP contribution in [-0.2, 0) is 6.54 Å². The number of carbonyl (C=O) groups is 1. The van der Waals surface area contributed by atoms with Crippen LogP contribution in [0.2, 0.25) is 0 Å². The maximum atomic E-state index is 12.6. The Hall–Kier alpha value is -3.10. The molecule has 0 aliphatic carbocycles. The number of anilines is 1. The first kappa shape index (κ1) is 22.1. The highest BCUT2D eigenvalue weighted by atomic mass is 32.1. The maximum Gasteiger partial charge on any atom is 0.321 e. The van der Waals surface area contributed by atoms with E-state index in [4.69, 9.17) is 14.5 Å². The molecule has 1 N–H and O–H groups in total. The number of benzene rings is 2. The van der Waals surface area contributed by atoms with Gasteiger partial charge >= 0.3 is 6.03 Å². The molecule has 1 aliphatic heterocycles. The van der Waals surface area contributed by atoms with Crippen LogP contribution in [-0.4, -0.2) is 60.7 Å². The molecule has 8 heteroatoms. The second-order valence-corrected chi connectivity index (χ2v) is 8.45. The lowest BCUT2D eigenvalue weighted by Gasteiger charge is -2.34. The topological polar surface area (TPSA) is 66.9 Å². The van der Waals surface area contributed by atoms with Gasteiger partial charge < -0.3 is 19.7 Å². The molecule has 32 heavy (non-hydrogen) atoms. The number of nitrogens with zero attached hydrogens (tertiary/aromatic N) is 3. The molecule has 4 rings (SSSR count). The molecule has 0 atom stereocenters. The van der Waals surface area contributed by atoms with E-state index >= 15 is 0 Å². The van der Waals surface area contributed by atoms with Crippen LogP contribution in [0.4, 0.5) is 10.5 Å². The van der Waals surface area contributed by atoms with E-state index in [0.717, 1.165) is 53.1 Å². The molecule has 2 aromatic carbocycles. The number of aromatic nitrogens is 1. The molecule has 0 unspecified atom stereocenters. The first-order valence-electron chi connectivity index (χ1n) is 10.7. The lowest BCUT2D eigenvalue weighted by Crippen LogP contribution is -2.49. The molecular formula is C24H28N4O3S. The van der Waals surface area contributed by atoms with Crippen molar-refractivity contribution < 1.29 is 14.3 Å². The summed E-state index contributed by atoms with van der Waals surface area (Å²) in [4.78, 5) is 21.6. The Kier molecular flexibility index (Phi) is 7.24. The van der Waals surface area contributed by atoms with E-state index in [-0.39, 0.29) is 6.03 Å². The van der Waals surface area contributed by atoms with Crippen LogP contribution in [0, 0.1) is 0 Å². The molecular weight excluding hydrogens is 424 g/mol. The number of methoxy groups -OCH3 is 1. The van der Waals surface area contributed by atoms with Crippen LogP contribution in [0.25, 0.3) is 11.3 Å². The summed E-state index contributed by atoms with van der Waals surface area (Å²) in [5.74, 6) is 1.64. The molecule has 7 nitrogen and oxygen atoms in total. The highest BCUT2D eigenvalue weighted by Crippen LogP contribution is 2.25. The van der Waals surface area contributed by atoms with Crippen molar-refractivity contribution in [2.24, 2.45) is 0 Å². The lowest BCUT2D eigenvalue weighted by molar-refractivity contribution is 0.143. The Morgan fingerprint density at radius 1 is 1.03 bits per heavy atom. The molecule has 1 fully saturated rings. The third kappa shape index (κ3) is 5.57. The lowest BCUT2D eigenvalue weighted by atomic mass is 10.2. The van der Waals surface area contributed by atoms with Crippen molar-refractivity contribution in [3.8, 4) is 22.8 Å². The summed E-state index contributed by atoms with van der Waals surface area (Å²) in [6.07, 6.45) is 0. The van der Waals surface area contributed by atoms with E-state index < -0.39 is 0 Å². The zero-order chi connectivity index (χ0) is 22.3. The number of carbonyl (C=O) groups excluding carboxylic acids is 1. The van der Waals surface area contributed by atoms with Crippen molar-refractivity contribution in [3.63, 3.8) is 0 Å². The zero-order valence-electron chi connectivity index (χ0n) is 18.4. The fourth-order valence-corrected chi connectivity index (χ4v) is 4.43. The normalized spacial score (nSPS) is 14.2. The van der Waals surface area contributed by atoms with Gasteiger partial charge in [0.15, 0.2) is 0 Å². The number of piperazine rings is 1. The van der Waals surface area contributed by atoms with Gasteiger partial charge in [0, 0.05) is 42.8 Å². The van der Waals surface area contributed by atoms with Crippen molar-refractivity contribution in [3.05, 3.63) is 58.9 Å². The van der Waals surface area contributed by atoms with Crippen LogP contribution in [0.5, 0.6) is 11.5 Å². The van der Waals surface area contributed by atoms with Gasteiger partial charge in [0.05, 0.1) is 26.0 Å². The van der Waals surface area contributed by atoms with E-state index in [2.05, 4.69) is 15.6 Å². The number of thiazole rings is 1. The van der Waals surface area contributed by atoms with Gasteiger partial charge in [-0.2, -0.15) is 0 Å². The quantitative estimate of drug-likeness (QED) is 0.569. The third-order valence-electron chi connectivity index (χ3n) is 5.37. The predicted molar refractivity (Wildman–Crippen MR) is 128 cm³/mol. The number of amides is 2. The first-order chi connectivity index (χ1) is 15.6. The minimum atomic E-state index is -0.0650. The summed E-state index contributed by atoms with van der Waals surface area (Å²) in [6.45, 7) is 6.42. The summed E-state index contributed by atoms with van der Waals surface area (Å²) in [5, 5.41) is 6.15. The number of urea groups is 1. The summed E-state index contributed by atoms with van der Waals surface area (Å²) in [5.41, 5.74) is 2.85. The average molecular weight is 453 g/mol. The van der Waals surface area contributed by atoms with E-state index in [1.54, 1.807) is 18.4 Å². The van der Waals surface area contributed by atoms with Crippen molar-refractivity contribution in [2.45, 2.75) is 13.5 Å². The van der Waals surface area contributed by atoms with Gasteiger partial charge in [-0.25, -0.2) is 9.78 Å². The van der Waals surface area contributed by atoms with Gasteiger partial charge in [0.25, 0.3) is 0 Å². The van der Waals surface area contributed by atoms with Gasteiger partial charge in [-0.1, -0.05) is 0 Å². The number of ether oxygens (including phenoxy) is 2. The molecule has 3 aromatic rings. The molecule has 0 bridgehead atoms. The predicted octanol–water partition coefficient (Wildman–Crippen LogP) is 4.57. The van der Waals surface area contributed by atoms with Crippen molar-refractivity contribution >= 4 is 23.1 Å². The SMILES string of the molecule is CCOc1ccc(NC(=O)N2CCN(Cc3nc(-c4ccc(OC)cc4)cs3)CC2)cc1. The minimum Gasteiger partial charge on any atom is -0.497 e. The van der Waals surface area contributed by atoms with Gasteiger partial charge in [-0.3, -0.25) is 4.90 Å². The molecule has 0 saturated carbocycles. The van der Waals surface area contributed by atoms with Crippen molar-refractivity contribution in [1.29, 1.82) is 0 Å². The Morgan fingerprint density at radius 3 is 2.38 bits per heavy atom.